The zero-order valence-electron chi connectivity index (χ0n) is 25.6. The molecule has 15 heteroatoms. The van der Waals surface area contributed by atoms with Gasteiger partial charge in [-0.2, -0.15) is 36.3 Å². The van der Waals surface area contributed by atoms with Gasteiger partial charge in [0.25, 0.3) is 0 Å². The second-order valence-electron chi connectivity index (χ2n) is 13.6. The summed E-state index contributed by atoms with van der Waals surface area (Å²) in [4.78, 5) is 13.6. The molecule has 8 nitrogen and oxygen atoms in total. The van der Waals surface area contributed by atoms with Crippen LogP contribution in [-0.4, -0.2) is 71.4 Å². The molecule has 6 heterocycles. The number of alkyl halides is 7. The number of ether oxygens (including phenoxy) is 2. The van der Waals surface area contributed by atoms with E-state index >= 15 is 0 Å². The largest absolute Gasteiger partial charge is 0.461 e. The minimum atomic E-state index is -5.18. The zero-order valence-corrected chi connectivity index (χ0v) is 25.6. The topological polar surface area (TPSA) is 88.8 Å². The summed E-state index contributed by atoms with van der Waals surface area (Å²) in [5, 5.41) is 3.55. The van der Waals surface area contributed by atoms with E-state index in [4.69, 9.17) is 20.2 Å². The van der Waals surface area contributed by atoms with Crippen LogP contribution >= 0.6 is 0 Å². The molecule has 4 fully saturated rings. The van der Waals surface area contributed by atoms with Gasteiger partial charge in [-0.15, -0.1) is 0 Å². The maximum atomic E-state index is 14.5. The summed E-state index contributed by atoms with van der Waals surface area (Å²) in [5.41, 5.74) is 0.775. The molecule has 2 unspecified atom stereocenters. The summed E-state index contributed by atoms with van der Waals surface area (Å²) < 4.78 is 113. The van der Waals surface area contributed by atoms with E-state index in [0.29, 0.717) is 43.5 Å². The second kappa shape index (κ2) is 11.1. The molecule has 1 aromatic heterocycles. The van der Waals surface area contributed by atoms with Crippen molar-refractivity contribution in [1.82, 2.24) is 20.2 Å². The van der Waals surface area contributed by atoms with Crippen molar-refractivity contribution in [2.75, 3.05) is 43.4 Å². The van der Waals surface area contributed by atoms with Crippen molar-refractivity contribution >= 4 is 11.5 Å². The first-order valence-electron chi connectivity index (χ1n) is 15.8. The highest BCUT2D eigenvalue weighted by Gasteiger charge is 2.51. The van der Waals surface area contributed by atoms with Gasteiger partial charge in [0, 0.05) is 60.9 Å². The van der Waals surface area contributed by atoms with Crippen molar-refractivity contribution in [2.45, 2.75) is 101 Å². The van der Waals surface area contributed by atoms with Crippen LogP contribution in [0.2, 0.25) is 0 Å². The van der Waals surface area contributed by atoms with E-state index in [1.54, 1.807) is 0 Å². The van der Waals surface area contributed by atoms with Crippen LogP contribution in [-0.2, 0) is 23.7 Å². The number of rotatable bonds is 5. The molecule has 2 bridgehead atoms. The Kier molecular flexibility index (Phi) is 7.63. The molecule has 0 aliphatic carbocycles. The van der Waals surface area contributed by atoms with Gasteiger partial charge < -0.3 is 25.4 Å². The van der Waals surface area contributed by atoms with Crippen molar-refractivity contribution in [2.24, 2.45) is 0 Å². The normalized spacial score (nSPS) is 31.3. The third-order valence-corrected chi connectivity index (χ3v) is 10.5. The van der Waals surface area contributed by atoms with Gasteiger partial charge in [0.1, 0.15) is 18.6 Å². The predicted octanol–water partition coefficient (Wildman–Crippen LogP) is 5.68. The molecule has 5 aliphatic rings. The van der Waals surface area contributed by atoms with Crippen molar-refractivity contribution in [3.63, 3.8) is 0 Å². The molecule has 0 saturated carbocycles. The minimum Gasteiger partial charge on any atom is -0.461 e. The van der Waals surface area contributed by atoms with Crippen molar-refractivity contribution in [3.05, 3.63) is 39.6 Å². The van der Waals surface area contributed by atoms with Crippen LogP contribution in [0.25, 0.3) is 0 Å². The van der Waals surface area contributed by atoms with Crippen molar-refractivity contribution in [3.8, 4) is 6.01 Å². The van der Waals surface area contributed by atoms with Crippen LogP contribution in [0.15, 0.2) is 6.07 Å². The molecule has 2 aromatic rings. The first-order valence-corrected chi connectivity index (χ1v) is 15.8. The molecule has 7 rings (SSSR count). The van der Waals surface area contributed by atoms with Gasteiger partial charge in [-0.3, -0.25) is 4.90 Å². The molecule has 46 heavy (non-hydrogen) atoms. The van der Waals surface area contributed by atoms with Gasteiger partial charge >= 0.3 is 18.4 Å². The number of halogens is 7. The van der Waals surface area contributed by atoms with E-state index < -0.39 is 64.0 Å². The van der Waals surface area contributed by atoms with E-state index in [1.165, 1.54) is 6.92 Å². The third-order valence-electron chi connectivity index (χ3n) is 10.5. The number of hydrogen-bond acceptors (Lipinski definition) is 8. The SMILES string of the molecule is Cc1cc(N)c(C(F)(F)F)c([C@@H]2OCc3c(nc(OC[C@@]45CCCN4C[C@H](F)C5)nc3N3CC4CCC(C3)N4)[C@@H]2C)c1C(F)(F)F. The molecular weight excluding hydrogens is 621 g/mol. The maximum Gasteiger partial charge on any atom is 0.418 e. The van der Waals surface area contributed by atoms with Crippen LogP contribution in [0.1, 0.15) is 84.6 Å². The summed E-state index contributed by atoms with van der Waals surface area (Å²) in [5.74, 6) is -0.561. The highest BCUT2D eigenvalue weighted by Crippen LogP contribution is 2.52. The van der Waals surface area contributed by atoms with E-state index in [1.807, 2.05) is 0 Å². The molecule has 1 aromatic carbocycles. The van der Waals surface area contributed by atoms with E-state index in [-0.39, 0.29) is 37.0 Å². The Labute approximate surface area is 261 Å². The number of fused-ring (bicyclic) bond motifs is 4. The average molecular weight is 659 g/mol. The van der Waals surface area contributed by atoms with E-state index in [0.717, 1.165) is 39.2 Å². The number of aromatic nitrogens is 2. The Balaban J connectivity index is 1.32. The van der Waals surface area contributed by atoms with Gasteiger partial charge in [0.05, 0.1) is 35.1 Å². The van der Waals surface area contributed by atoms with Gasteiger partial charge in [0.2, 0.25) is 0 Å². The van der Waals surface area contributed by atoms with Crippen molar-refractivity contribution < 1.29 is 40.2 Å². The number of anilines is 2. The van der Waals surface area contributed by atoms with Crippen LogP contribution < -0.4 is 20.7 Å². The number of aryl methyl sites for hydroxylation is 1. The molecular formula is C31H37F7N6O2. The maximum absolute atomic E-state index is 14.5. The van der Waals surface area contributed by atoms with Gasteiger partial charge in [-0.1, -0.05) is 6.92 Å². The van der Waals surface area contributed by atoms with E-state index in [2.05, 4.69) is 20.1 Å². The number of hydrogen-bond donors (Lipinski definition) is 2. The van der Waals surface area contributed by atoms with E-state index in [9.17, 15) is 30.7 Å². The lowest BCUT2D eigenvalue weighted by Crippen LogP contribution is -2.52. The number of piperazine rings is 1. The number of nitrogens with zero attached hydrogens (tertiary/aromatic N) is 4. The Morgan fingerprint density at radius 3 is 2.43 bits per heavy atom. The average Bonchev–Trinajstić information content (AvgIpc) is 3.60. The molecule has 4 saturated heterocycles. The summed E-state index contributed by atoms with van der Waals surface area (Å²) in [7, 11) is 0. The van der Waals surface area contributed by atoms with Crippen LogP contribution in [0, 0.1) is 6.92 Å². The second-order valence-corrected chi connectivity index (χ2v) is 13.6. The summed E-state index contributed by atoms with van der Waals surface area (Å²) in [6.07, 6.45) is -9.02. The Bertz CT molecular complexity index is 1470. The third kappa shape index (κ3) is 5.35. The summed E-state index contributed by atoms with van der Waals surface area (Å²) in [6.45, 7) is 4.72. The van der Waals surface area contributed by atoms with Crippen LogP contribution in [0.5, 0.6) is 6.01 Å². The van der Waals surface area contributed by atoms with Gasteiger partial charge in [0.15, 0.2) is 0 Å². The zero-order chi connectivity index (χ0) is 32.8. The fraction of sp³-hybridized carbons (Fsp3) is 0.677. The molecule has 3 N–H and O–H groups in total. The lowest BCUT2D eigenvalue weighted by Gasteiger charge is -2.39. The lowest BCUT2D eigenvalue weighted by atomic mass is 9.82. The molecule has 0 amide bonds. The Hall–Kier alpha value is -2.91. The fourth-order valence-corrected chi connectivity index (χ4v) is 8.57. The van der Waals surface area contributed by atoms with Crippen LogP contribution in [0.4, 0.5) is 42.2 Å². The number of nitrogens with two attached hydrogens (primary N) is 1. The monoisotopic (exact) mass is 658 g/mol. The summed E-state index contributed by atoms with van der Waals surface area (Å²) >= 11 is 0. The van der Waals surface area contributed by atoms with Crippen LogP contribution in [0.3, 0.4) is 0 Å². The quantitative estimate of drug-likeness (QED) is 0.314. The highest BCUT2D eigenvalue weighted by atomic mass is 19.4. The smallest absolute Gasteiger partial charge is 0.418 e. The number of nitrogens with one attached hydrogen (secondary N) is 1. The Morgan fingerprint density at radius 2 is 1.76 bits per heavy atom. The number of benzene rings is 1. The number of nitrogen functional groups attached to an aromatic ring is 1. The highest BCUT2D eigenvalue weighted by molar-refractivity contribution is 5.61. The standard InChI is InChI=1S/C31H37F7N6O2/c1-15-8-21(39)24(31(36,37)38)22(23(15)30(33,34)35)26-16(2)25-20(13-45-26)27(43-11-18-4-5-19(12-43)40-18)42-28(41-25)46-14-29-6-3-7-44(29)10-17(32)9-29/h8,16-19,26,40H,3-7,9-14,39H2,1-2H3/t16-,17+,18?,19?,26+,29-/m0/s1. The fourth-order valence-electron chi connectivity index (χ4n) is 8.57. The first-order chi connectivity index (χ1) is 21.6. The Morgan fingerprint density at radius 1 is 1.07 bits per heavy atom. The van der Waals surface area contributed by atoms with Gasteiger partial charge in [-0.25, -0.2) is 4.39 Å². The minimum absolute atomic E-state index is 0.0356. The molecule has 5 aliphatic heterocycles. The molecule has 252 valence electrons. The predicted molar refractivity (Wildman–Crippen MR) is 154 cm³/mol. The first kappa shape index (κ1) is 31.7. The molecule has 0 spiro atoms. The summed E-state index contributed by atoms with van der Waals surface area (Å²) in [6, 6.07) is 1.10. The van der Waals surface area contributed by atoms with Crippen molar-refractivity contribution in [1.29, 1.82) is 0 Å². The van der Waals surface area contributed by atoms with Gasteiger partial charge in [-0.05, 0) is 50.8 Å². The lowest BCUT2D eigenvalue weighted by molar-refractivity contribution is -0.147. The molecule has 6 atom stereocenters. The molecule has 0 radical (unpaired) electrons.